The van der Waals surface area contributed by atoms with Crippen LogP contribution in [0.15, 0.2) is 36.5 Å². The number of anilines is 1. The highest BCUT2D eigenvalue weighted by molar-refractivity contribution is 5.89. The second kappa shape index (κ2) is 6.75. The molecule has 0 saturated carbocycles. The predicted molar refractivity (Wildman–Crippen MR) is 77.7 cm³/mol. The highest BCUT2D eigenvalue weighted by atomic mass is 16.5. The van der Waals surface area contributed by atoms with Gasteiger partial charge in [0, 0.05) is 25.7 Å². The molecule has 5 heteroatoms. The summed E-state index contributed by atoms with van der Waals surface area (Å²) in [6.07, 6.45) is 2.88. The lowest BCUT2D eigenvalue weighted by Crippen LogP contribution is -2.13. The molecule has 0 fully saturated rings. The highest BCUT2D eigenvalue weighted by Crippen LogP contribution is 2.12. The molecule has 2 rings (SSSR count). The number of hydrogen-bond donors (Lipinski definition) is 1. The van der Waals surface area contributed by atoms with Crippen molar-refractivity contribution < 1.29 is 9.53 Å². The van der Waals surface area contributed by atoms with Crippen molar-refractivity contribution in [1.82, 2.24) is 9.78 Å². The average molecular weight is 273 g/mol. The van der Waals surface area contributed by atoms with Gasteiger partial charge in [-0.25, -0.2) is 0 Å². The lowest BCUT2D eigenvalue weighted by molar-refractivity contribution is -0.116. The maximum absolute atomic E-state index is 11.7. The van der Waals surface area contributed by atoms with Crippen LogP contribution in [0.5, 0.6) is 5.75 Å². The second-order valence-corrected chi connectivity index (χ2v) is 4.69. The van der Waals surface area contributed by atoms with E-state index in [0.717, 1.165) is 11.3 Å². The molecule has 106 valence electrons. The van der Waals surface area contributed by atoms with Gasteiger partial charge in [0.15, 0.2) is 5.82 Å². The molecule has 0 saturated heterocycles. The van der Waals surface area contributed by atoms with Crippen LogP contribution in [-0.2, 0) is 11.8 Å². The van der Waals surface area contributed by atoms with Gasteiger partial charge in [0.1, 0.15) is 5.75 Å². The van der Waals surface area contributed by atoms with Gasteiger partial charge >= 0.3 is 0 Å². The van der Waals surface area contributed by atoms with Gasteiger partial charge in [-0.1, -0.05) is 12.1 Å². The summed E-state index contributed by atoms with van der Waals surface area (Å²) in [7, 11) is 1.81. The van der Waals surface area contributed by atoms with Gasteiger partial charge in [0.05, 0.1) is 6.61 Å². The van der Waals surface area contributed by atoms with E-state index in [0.29, 0.717) is 25.3 Å². The molecule has 0 atom stereocenters. The molecule has 0 aliphatic rings. The van der Waals surface area contributed by atoms with E-state index in [1.807, 2.05) is 38.2 Å². The summed E-state index contributed by atoms with van der Waals surface area (Å²) >= 11 is 0. The Labute approximate surface area is 118 Å². The molecule has 0 radical (unpaired) electrons. The number of aromatic nitrogens is 2. The van der Waals surface area contributed by atoms with Crippen molar-refractivity contribution in [2.75, 3.05) is 11.9 Å². The zero-order valence-electron chi connectivity index (χ0n) is 11.8. The molecule has 0 unspecified atom stereocenters. The van der Waals surface area contributed by atoms with Gasteiger partial charge in [-0.15, -0.1) is 0 Å². The van der Waals surface area contributed by atoms with E-state index in [1.165, 1.54) is 0 Å². The molecule has 1 N–H and O–H groups in total. The van der Waals surface area contributed by atoms with E-state index < -0.39 is 0 Å². The molecule has 0 aliphatic heterocycles. The zero-order valence-corrected chi connectivity index (χ0v) is 11.8. The van der Waals surface area contributed by atoms with Gasteiger partial charge < -0.3 is 10.1 Å². The molecule has 1 amide bonds. The molecule has 0 bridgehead atoms. The molecule has 2 aromatic rings. The normalized spacial score (nSPS) is 10.3. The van der Waals surface area contributed by atoms with Crippen LogP contribution >= 0.6 is 0 Å². The molecule has 0 aliphatic carbocycles. The summed E-state index contributed by atoms with van der Waals surface area (Å²) in [5.41, 5.74) is 1.16. The van der Waals surface area contributed by atoms with Gasteiger partial charge in [-0.05, 0) is 31.0 Å². The maximum atomic E-state index is 11.7. The van der Waals surface area contributed by atoms with Crippen LogP contribution in [0.2, 0.25) is 0 Å². The summed E-state index contributed by atoms with van der Waals surface area (Å²) in [4.78, 5) is 11.7. The van der Waals surface area contributed by atoms with E-state index in [-0.39, 0.29) is 5.91 Å². The number of nitrogens with one attached hydrogen (secondary N) is 1. The Balaban J connectivity index is 1.67. The number of carbonyl (C=O) groups is 1. The number of hydrogen-bond acceptors (Lipinski definition) is 3. The summed E-state index contributed by atoms with van der Waals surface area (Å²) < 4.78 is 7.24. The third-order valence-electron chi connectivity index (χ3n) is 2.79. The van der Waals surface area contributed by atoms with E-state index in [2.05, 4.69) is 10.4 Å². The van der Waals surface area contributed by atoms with Crippen LogP contribution < -0.4 is 10.1 Å². The number of rotatable bonds is 6. The Morgan fingerprint density at radius 2 is 2.25 bits per heavy atom. The van der Waals surface area contributed by atoms with Crippen LogP contribution in [0.3, 0.4) is 0 Å². The Morgan fingerprint density at radius 3 is 2.95 bits per heavy atom. The maximum Gasteiger partial charge on any atom is 0.225 e. The van der Waals surface area contributed by atoms with Crippen LogP contribution in [0, 0.1) is 6.92 Å². The van der Waals surface area contributed by atoms with Crippen LogP contribution in [0.4, 0.5) is 5.82 Å². The first kappa shape index (κ1) is 14.1. The van der Waals surface area contributed by atoms with E-state index in [1.54, 1.807) is 16.9 Å². The monoisotopic (exact) mass is 273 g/mol. The van der Waals surface area contributed by atoms with Crippen molar-refractivity contribution in [2.45, 2.75) is 19.8 Å². The summed E-state index contributed by atoms with van der Waals surface area (Å²) in [5, 5.41) is 6.83. The summed E-state index contributed by atoms with van der Waals surface area (Å²) in [6, 6.07) is 9.64. The molecule has 1 aromatic carbocycles. The van der Waals surface area contributed by atoms with Gasteiger partial charge in [-0.2, -0.15) is 5.10 Å². The van der Waals surface area contributed by atoms with E-state index in [9.17, 15) is 4.79 Å². The van der Waals surface area contributed by atoms with Gasteiger partial charge in [-0.3, -0.25) is 9.48 Å². The van der Waals surface area contributed by atoms with E-state index in [4.69, 9.17) is 4.74 Å². The molecule has 20 heavy (non-hydrogen) atoms. The van der Waals surface area contributed by atoms with Gasteiger partial charge in [0.2, 0.25) is 5.91 Å². The largest absolute Gasteiger partial charge is 0.494 e. The number of amides is 1. The van der Waals surface area contributed by atoms with Gasteiger partial charge in [0.25, 0.3) is 0 Å². The zero-order chi connectivity index (χ0) is 14.4. The van der Waals surface area contributed by atoms with Crippen molar-refractivity contribution in [3.63, 3.8) is 0 Å². The number of benzene rings is 1. The Hall–Kier alpha value is -2.30. The van der Waals surface area contributed by atoms with Crippen molar-refractivity contribution >= 4 is 11.7 Å². The standard InChI is InChI=1S/C15H19N3O2/c1-12-5-3-6-13(11-12)20-10-4-7-15(19)16-14-8-9-18(2)17-14/h3,5-6,8-9,11H,4,7,10H2,1-2H3,(H,16,17,19). The fraction of sp³-hybridized carbons (Fsp3) is 0.333. The first-order valence-corrected chi connectivity index (χ1v) is 6.62. The molecular weight excluding hydrogens is 254 g/mol. The number of ether oxygens (including phenoxy) is 1. The first-order valence-electron chi connectivity index (χ1n) is 6.62. The molecule has 1 aromatic heterocycles. The van der Waals surface area contributed by atoms with Crippen molar-refractivity contribution in [1.29, 1.82) is 0 Å². The second-order valence-electron chi connectivity index (χ2n) is 4.69. The summed E-state index contributed by atoms with van der Waals surface area (Å²) in [5.74, 6) is 1.38. The lowest BCUT2D eigenvalue weighted by atomic mass is 10.2. The summed E-state index contributed by atoms with van der Waals surface area (Å²) in [6.45, 7) is 2.55. The average Bonchev–Trinajstić information content (AvgIpc) is 2.80. The van der Waals surface area contributed by atoms with Crippen LogP contribution in [0.1, 0.15) is 18.4 Å². The van der Waals surface area contributed by atoms with Crippen LogP contribution in [0.25, 0.3) is 0 Å². The minimum absolute atomic E-state index is 0.0449. The SMILES string of the molecule is Cc1cccc(OCCCC(=O)Nc2ccn(C)n2)c1. The van der Waals surface area contributed by atoms with Crippen molar-refractivity contribution in [3.05, 3.63) is 42.1 Å². The first-order chi connectivity index (χ1) is 9.63. The third kappa shape index (κ3) is 4.42. The topological polar surface area (TPSA) is 56.1 Å². The predicted octanol–water partition coefficient (Wildman–Crippen LogP) is 2.53. The number of aryl methyl sites for hydroxylation is 2. The Kier molecular flexibility index (Phi) is 4.76. The Bertz CT molecular complexity index is 578. The number of nitrogens with zero attached hydrogens (tertiary/aromatic N) is 2. The van der Waals surface area contributed by atoms with Crippen LogP contribution in [-0.4, -0.2) is 22.3 Å². The molecular formula is C15H19N3O2. The van der Waals surface area contributed by atoms with Crippen molar-refractivity contribution in [3.8, 4) is 5.75 Å². The Morgan fingerprint density at radius 1 is 1.40 bits per heavy atom. The minimum atomic E-state index is -0.0449. The highest BCUT2D eigenvalue weighted by Gasteiger charge is 2.04. The lowest BCUT2D eigenvalue weighted by Gasteiger charge is -2.06. The quantitative estimate of drug-likeness (QED) is 0.823. The number of carbonyl (C=O) groups excluding carboxylic acids is 1. The molecule has 5 nitrogen and oxygen atoms in total. The molecule has 0 spiro atoms. The molecule has 1 heterocycles. The van der Waals surface area contributed by atoms with Crippen molar-refractivity contribution in [2.24, 2.45) is 7.05 Å². The third-order valence-corrected chi connectivity index (χ3v) is 2.79. The smallest absolute Gasteiger partial charge is 0.225 e. The minimum Gasteiger partial charge on any atom is -0.494 e. The fourth-order valence-corrected chi connectivity index (χ4v) is 1.81. The fourth-order valence-electron chi connectivity index (χ4n) is 1.81. The van der Waals surface area contributed by atoms with E-state index >= 15 is 0 Å².